The van der Waals surface area contributed by atoms with Gasteiger partial charge in [0.25, 0.3) is 17.7 Å². The van der Waals surface area contributed by atoms with Crippen LogP contribution >= 0.6 is 0 Å². The molecule has 8 nitrogen and oxygen atoms in total. The summed E-state index contributed by atoms with van der Waals surface area (Å²) in [5, 5.41) is 20.5. The van der Waals surface area contributed by atoms with Gasteiger partial charge < -0.3 is 15.3 Å². The molecule has 2 aromatic rings. The number of hydroxylamine groups is 1. The van der Waals surface area contributed by atoms with Crippen LogP contribution in [0.4, 0.5) is 0 Å². The molecule has 0 spiro atoms. The second kappa shape index (κ2) is 11.3. The standard InChI is InChI=1S/C25H29N3O5/c1-17(16-29)15-20-9-7-18(8-10-20)5-6-19-11-13-21(14-12-19)22(30)28(4)25(2,23(31)26-3)24(32)27-33/h7-14,17,29,33H,15-16H2,1-4H3,(H,26,31)(H,27,32). The van der Waals surface area contributed by atoms with Gasteiger partial charge in [0.05, 0.1) is 0 Å². The number of benzene rings is 2. The molecule has 0 heterocycles. The fraction of sp³-hybridized carbons (Fsp3) is 0.320. The lowest BCUT2D eigenvalue weighted by molar-refractivity contribution is -0.148. The summed E-state index contributed by atoms with van der Waals surface area (Å²) >= 11 is 0. The third kappa shape index (κ3) is 5.98. The van der Waals surface area contributed by atoms with E-state index in [1.165, 1.54) is 26.5 Å². The second-order valence-electron chi connectivity index (χ2n) is 7.97. The predicted molar refractivity (Wildman–Crippen MR) is 123 cm³/mol. The molecule has 2 rings (SSSR count). The fourth-order valence-corrected chi connectivity index (χ4v) is 3.19. The van der Waals surface area contributed by atoms with E-state index in [4.69, 9.17) is 10.3 Å². The van der Waals surface area contributed by atoms with Gasteiger partial charge in [-0.1, -0.05) is 30.9 Å². The van der Waals surface area contributed by atoms with Crippen LogP contribution in [0.3, 0.4) is 0 Å². The number of carbonyl (C=O) groups is 3. The molecule has 0 fully saturated rings. The Morgan fingerprint density at radius 2 is 1.52 bits per heavy atom. The lowest BCUT2D eigenvalue weighted by Gasteiger charge is -2.34. The molecule has 2 atom stereocenters. The van der Waals surface area contributed by atoms with Gasteiger partial charge in [0.2, 0.25) is 0 Å². The highest BCUT2D eigenvalue weighted by Crippen LogP contribution is 2.18. The average molecular weight is 452 g/mol. The summed E-state index contributed by atoms with van der Waals surface area (Å²) in [4.78, 5) is 38.3. The van der Waals surface area contributed by atoms with Gasteiger partial charge >= 0.3 is 0 Å². The van der Waals surface area contributed by atoms with Gasteiger partial charge in [-0.25, -0.2) is 5.48 Å². The minimum Gasteiger partial charge on any atom is -0.396 e. The first kappa shape index (κ1) is 25.6. The predicted octanol–water partition coefficient (Wildman–Crippen LogP) is 1.34. The lowest BCUT2D eigenvalue weighted by Crippen LogP contribution is -2.64. The molecule has 0 saturated heterocycles. The van der Waals surface area contributed by atoms with Crippen LogP contribution in [-0.2, 0) is 16.0 Å². The van der Waals surface area contributed by atoms with Crippen molar-refractivity contribution < 1.29 is 24.7 Å². The molecule has 2 unspecified atom stereocenters. The van der Waals surface area contributed by atoms with Gasteiger partial charge in [0, 0.05) is 37.4 Å². The molecule has 0 aliphatic rings. The third-order valence-electron chi connectivity index (χ3n) is 5.52. The van der Waals surface area contributed by atoms with Crippen molar-refractivity contribution in [2.75, 3.05) is 20.7 Å². The van der Waals surface area contributed by atoms with Gasteiger partial charge in [-0.05, 0) is 61.2 Å². The Labute approximate surface area is 193 Å². The first-order valence-corrected chi connectivity index (χ1v) is 10.4. The van der Waals surface area contributed by atoms with Crippen LogP contribution < -0.4 is 10.8 Å². The maximum absolute atomic E-state index is 12.9. The summed E-state index contributed by atoms with van der Waals surface area (Å²) in [6.45, 7) is 3.38. The number of carbonyl (C=O) groups excluding carboxylic acids is 3. The number of hydrogen-bond acceptors (Lipinski definition) is 5. The van der Waals surface area contributed by atoms with Crippen LogP contribution in [0.25, 0.3) is 0 Å². The largest absolute Gasteiger partial charge is 0.396 e. The molecule has 0 aromatic heterocycles. The van der Waals surface area contributed by atoms with Crippen LogP contribution in [0.1, 0.15) is 40.9 Å². The maximum Gasteiger partial charge on any atom is 0.278 e. The van der Waals surface area contributed by atoms with Crippen molar-refractivity contribution in [3.05, 3.63) is 70.8 Å². The highest BCUT2D eigenvalue weighted by molar-refractivity contribution is 6.12. The number of aliphatic hydroxyl groups is 1. The van der Waals surface area contributed by atoms with E-state index in [1.54, 1.807) is 24.3 Å². The van der Waals surface area contributed by atoms with E-state index in [1.807, 2.05) is 31.2 Å². The van der Waals surface area contributed by atoms with Gasteiger partial charge in [-0.3, -0.25) is 19.6 Å². The molecular weight excluding hydrogens is 422 g/mol. The molecule has 174 valence electrons. The first-order valence-electron chi connectivity index (χ1n) is 10.4. The van der Waals surface area contributed by atoms with E-state index in [0.717, 1.165) is 22.4 Å². The number of amides is 3. The van der Waals surface area contributed by atoms with E-state index in [0.29, 0.717) is 5.56 Å². The summed E-state index contributed by atoms with van der Waals surface area (Å²) < 4.78 is 0. The average Bonchev–Trinajstić information content (AvgIpc) is 2.85. The fourth-order valence-electron chi connectivity index (χ4n) is 3.19. The number of nitrogens with zero attached hydrogens (tertiary/aromatic N) is 1. The quantitative estimate of drug-likeness (QED) is 0.219. The Kier molecular flexibility index (Phi) is 8.74. The second-order valence-corrected chi connectivity index (χ2v) is 7.97. The zero-order valence-electron chi connectivity index (χ0n) is 19.2. The molecule has 3 amide bonds. The molecule has 0 radical (unpaired) electrons. The van der Waals surface area contributed by atoms with E-state index < -0.39 is 23.3 Å². The summed E-state index contributed by atoms with van der Waals surface area (Å²) in [7, 11) is 2.64. The minimum atomic E-state index is -1.94. The number of likely N-dealkylation sites (N-methyl/N-ethyl adjacent to an activating group) is 2. The van der Waals surface area contributed by atoms with E-state index >= 15 is 0 Å². The van der Waals surface area contributed by atoms with Crippen molar-refractivity contribution in [3.63, 3.8) is 0 Å². The summed E-state index contributed by atoms with van der Waals surface area (Å²) in [5.74, 6) is 3.96. The molecule has 33 heavy (non-hydrogen) atoms. The molecule has 0 aliphatic heterocycles. The molecule has 0 saturated carbocycles. The molecule has 8 heteroatoms. The van der Waals surface area contributed by atoms with E-state index in [-0.39, 0.29) is 18.1 Å². The minimum absolute atomic E-state index is 0.148. The van der Waals surface area contributed by atoms with Crippen molar-refractivity contribution in [1.82, 2.24) is 15.7 Å². The number of nitrogens with one attached hydrogen (secondary N) is 2. The van der Waals surface area contributed by atoms with E-state index in [2.05, 4.69) is 17.2 Å². The molecule has 2 aromatic carbocycles. The number of hydrogen-bond donors (Lipinski definition) is 4. The molecule has 4 N–H and O–H groups in total. The van der Waals surface area contributed by atoms with Crippen molar-refractivity contribution >= 4 is 17.7 Å². The Balaban J connectivity index is 2.16. The smallest absolute Gasteiger partial charge is 0.278 e. The molecular formula is C25H29N3O5. The van der Waals surface area contributed by atoms with Crippen molar-refractivity contribution in [2.45, 2.75) is 25.8 Å². The topological polar surface area (TPSA) is 119 Å². The number of rotatable bonds is 7. The third-order valence-corrected chi connectivity index (χ3v) is 5.52. The van der Waals surface area contributed by atoms with Crippen LogP contribution in [0.15, 0.2) is 48.5 Å². The van der Waals surface area contributed by atoms with Gasteiger partial charge in [0.1, 0.15) is 0 Å². The SMILES string of the molecule is CNC(=O)C(C)(C(=O)NO)N(C)C(=O)c1ccc(C#Cc2ccc(CC(C)CO)cc2)cc1. The zero-order valence-corrected chi connectivity index (χ0v) is 19.2. The Morgan fingerprint density at radius 3 is 1.97 bits per heavy atom. The van der Waals surface area contributed by atoms with Crippen LogP contribution in [0, 0.1) is 17.8 Å². The van der Waals surface area contributed by atoms with Crippen LogP contribution in [0.5, 0.6) is 0 Å². The van der Waals surface area contributed by atoms with Crippen molar-refractivity contribution in [2.24, 2.45) is 5.92 Å². The van der Waals surface area contributed by atoms with Crippen molar-refractivity contribution in [3.8, 4) is 11.8 Å². The lowest BCUT2D eigenvalue weighted by atomic mass is 9.96. The maximum atomic E-state index is 12.9. The van der Waals surface area contributed by atoms with Crippen LogP contribution in [0.2, 0.25) is 0 Å². The molecule has 0 aliphatic carbocycles. The number of aliphatic hydroxyl groups excluding tert-OH is 1. The summed E-state index contributed by atoms with van der Waals surface area (Å²) in [5.41, 5.74) is 2.41. The Bertz CT molecular complexity index is 1040. The molecule has 0 bridgehead atoms. The summed E-state index contributed by atoms with van der Waals surface area (Å²) in [6.07, 6.45) is 0.799. The van der Waals surface area contributed by atoms with Crippen molar-refractivity contribution in [1.29, 1.82) is 0 Å². The Hall–Kier alpha value is -3.67. The first-order chi connectivity index (χ1) is 15.7. The monoisotopic (exact) mass is 451 g/mol. The van der Waals surface area contributed by atoms with Crippen LogP contribution in [-0.4, -0.2) is 59.2 Å². The van der Waals surface area contributed by atoms with E-state index in [9.17, 15) is 14.4 Å². The zero-order chi connectivity index (χ0) is 24.6. The van der Waals surface area contributed by atoms with Gasteiger partial charge in [0.15, 0.2) is 5.54 Å². The van der Waals surface area contributed by atoms with Gasteiger partial charge in [-0.2, -0.15) is 0 Å². The highest BCUT2D eigenvalue weighted by atomic mass is 16.5. The summed E-state index contributed by atoms with van der Waals surface area (Å²) in [6, 6.07) is 14.3. The normalized spacial score (nSPS) is 13.0. The van der Waals surface area contributed by atoms with Gasteiger partial charge in [-0.15, -0.1) is 0 Å². The highest BCUT2D eigenvalue weighted by Gasteiger charge is 2.47. The Morgan fingerprint density at radius 1 is 1.00 bits per heavy atom.